The van der Waals surface area contributed by atoms with Gasteiger partial charge < -0.3 is 10.2 Å². The van der Waals surface area contributed by atoms with Crippen molar-refractivity contribution in [1.82, 2.24) is 10.2 Å². The molecule has 3 aromatic carbocycles. The predicted octanol–water partition coefficient (Wildman–Crippen LogP) is 16.0. The summed E-state index contributed by atoms with van der Waals surface area (Å²) in [5, 5.41) is 3.97. The predicted molar refractivity (Wildman–Crippen MR) is 308 cm³/mol. The van der Waals surface area contributed by atoms with Gasteiger partial charge in [0.25, 0.3) is 0 Å². The highest BCUT2D eigenvalue weighted by Gasteiger charge is 2.50. The largest absolute Gasteiger partial charge is 0.378 e. The van der Waals surface area contributed by atoms with E-state index in [1.807, 2.05) is 0 Å². The minimum atomic E-state index is 0.320. The van der Waals surface area contributed by atoms with Gasteiger partial charge in [-0.15, -0.1) is 0 Å². The molecule has 14 rings (SSSR count). The number of aliphatic imine (C=N–C) groups is 1. The first-order chi connectivity index (χ1) is 36.7. The van der Waals surface area contributed by atoms with Crippen molar-refractivity contribution >= 4 is 17.1 Å². The number of nitrogens with zero attached hydrogens (tertiary/aromatic N) is 3. The van der Waals surface area contributed by atoms with Crippen LogP contribution in [-0.2, 0) is 0 Å². The molecule has 2 saturated heterocycles. The Morgan fingerprint density at radius 2 is 1.46 bits per heavy atom. The van der Waals surface area contributed by atoms with Crippen molar-refractivity contribution in [3.63, 3.8) is 0 Å². The average Bonchev–Trinajstić information content (AvgIpc) is 4.02. The molecule has 0 aromatic heterocycles. The summed E-state index contributed by atoms with van der Waals surface area (Å²) in [6.45, 7) is 0. The van der Waals surface area contributed by atoms with Gasteiger partial charge in [-0.3, -0.25) is 9.89 Å². The van der Waals surface area contributed by atoms with Crippen LogP contribution in [0.5, 0.6) is 0 Å². The van der Waals surface area contributed by atoms with Crippen molar-refractivity contribution in [2.45, 2.75) is 145 Å². The summed E-state index contributed by atoms with van der Waals surface area (Å²) in [6.07, 6.45) is 58.7. The molecule has 7 aliphatic carbocycles. The number of benzene rings is 3. The van der Waals surface area contributed by atoms with Crippen LogP contribution < -0.4 is 10.2 Å². The summed E-state index contributed by atoms with van der Waals surface area (Å²) in [5.41, 5.74) is 16.2. The zero-order chi connectivity index (χ0) is 49.0. The smallest absolute Gasteiger partial charge is 0.0574 e. The quantitative estimate of drug-likeness (QED) is 0.232. The van der Waals surface area contributed by atoms with Gasteiger partial charge in [0.1, 0.15) is 0 Å². The van der Waals surface area contributed by atoms with Gasteiger partial charge in [0.2, 0.25) is 0 Å². The fourth-order valence-corrected chi connectivity index (χ4v) is 16.4. The van der Waals surface area contributed by atoms with Crippen LogP contribution in [0.1, 0.15) is 131 Å². The van der Waals surface area contributed by atoms with Crippen LogP contribution in [0.3, 0.4) is 0 Å². The molecular formula is C70H76N4. The van der Waals surface area contributed by atoms with Crippen molar-refractivity contribution in [3.05, 3.63) is 227 Å². The highest BCUT2D eigenvalue weighted by Crippen LogP contribution is 2.54. The summed E-state index contributed by atoms with van der Waals surface area (Å²) in [4.78, 5) is 11.4. The third-order valence-corrected chi connectivity index (χ3v) is 19.9. The average molecular weight is 973 g/mol. The third-order valence-electron chi connectivity index (χ3n) is 19.9. The fraction of sp³-hybridized carbons (Fsp3) is 0.414. The Morgan fingerprint density at radius 3 is 2.31 bits per heavy atom. The first kappa shape index (κ1) is 46.6. The third kappa shape index (κ3) is 8.81. The van der Waals surface area contributed by atoms with Crippen LogP contribution in [0.25, 0.3) is 5.70 Å². The van der Waals surface area contributed by atoms with Crippen LogP contribution >= 0.6 is 0 Å². The van der Waals surface area contributed by atoms with Gasteiger partial charge in [-0.25, -0.2) is 0 Å². The van der Waals surface area contributed by atoms with E-state index in [1.165, 1.54) is 109 Å². The zero-order valence-electron chi connectivity index (χ0n) is 43.5. The molecule has 1 N–H and O–H groups in total. The van der Waals surface area contributed by atoms with E-state index in [9.17, 15) is 0 Å². The molecule has 376 valence electrons. The lowest BCUT2D eigenvalue weighted by atomic mass is 9.71. The minimum Gasteiger partial charge on any atom is -0.378 e. The molecule has 11 atom stereocenters. The van der Waals surface area contributed by atoms with Gasteiger partial charge >= 0.3 is 0 Å². The second-order valence-corrected chi connectivity index (χ2v) is 24.0. The van der Waals surface area contributed by atoms with Crippen LogP contribution in [0.4, 0.5) is 5.69 Å². The number of hydrogen-bond donors (Lipinski definition) is 1. The molecule has 0 spiro atoms. The fourth-order valence-electron chi connectivity index (χ4n) is 16.4. The van der Waals surface area contributed by atoms with Gasteiger partial charge in [0.05, 0.1) is 12.1 Å². The van der Waals surface area contributed by atoms with E-state index >= 15 is 0 Å². The van der Waals surface area contributed by atoms with E-state index in [-0.39, 0.29) is 0 Å². The molecule has 0 amide bonds. The number of fused-ring (bicyclic) bond motifs is 6. The maximum Gasteiger partial charge on any atom is 0.0574 e. The minimum absolute atomic E-state index is 0.320. The van der Waals surface area contributed by atoms with Gasteiger partial charge in [-0.05, 0) is 178 Å². The lowest BCUT2D eigenvalue weighted by Gasteiger charge is -2.44. The SMILES string of the molecule is C1=CCC(C2CC(c3cccc(N4C5=CCCC=C5C5CC(C6=CCC7C(=C6)C6C=CC=CC6N7C6CCC(C7C=C(c8ccccc8)NC(c8ccccc8)C7)CC6)CCC54)c3)CC(C3=CCCC=C3)=N2)C=C1. The molecule has 4 aliphatic heterocycles. The zero-order valence-corrected chi connectivity index (χ0v) is 43.5. The van der Waals surface area contributed by atoms with Crippen LogP contribution in [0.15, 0.2) is 215 Å². The normalized spacial score (nSPS) is 35.2. The second-order valence-electron chi connectivity index (χ2n) is 24.0. The number of rotatable bonds is 9. The van der Waals surface area contributed by atoms with E-state index in [4.69, 9.17) is 4.99 Å². The monoisotopic (exact) mass is 973 g/mol. The number of anilines is 1. The van der Waals surface area contributed by atoms with Crippen LogP contribution in [-0.4, -0.2) is 40.8 Å². The Bertz CT molecular complexity index is 2980. The van der Waals surface area contributed by atoms with Crippen LogP contribution in [0, 0.1) is 35.5 Å². The van der Waals surface area contributed by atoms with E-state index in [0.717, 1.165) is 44.4 Å². The lowest BCUT2D eigenvalue weighted by molar-refractivity contribution is 0.0912. The van der Waals surface area contributed by atoms with Gasteiger partial charge in [0, 0.05) is 64.7 Å². The molecule has 11 aliphatic rings. The molecule has 74 heavy (non-hydrogen) atoms. The maximum absolute atomic E-state index is 5.52. The van der Waals surface area contributed by atoms with E-state index < -0.39 is 0 Å². The Kier molecular flexibility index (Phi) is 12.8. The van der Waals surface area contributed by atoms with Crippen molar-refractivity contribution in [3.8, 4) is 0 Å². The topological polar surface area (TPSA) is 30.9 Å². The number of likely N-dealkylation sites (tertiary alicyclic amines) is 1. The van der Waals surface area contributed by atoms with Crippen molar-refractivity contribution in [2.24, 2.45) is 40.5 Å². The second kappa shape index (κ2) is 20.3. The lowest BCUT2D eigenvalue weighted by Crippen LogP contribution is -2.47. The molecule has 0 bridgehead atoms. The molecule has 2 saturated carbocycles. The Hall–Kier alpha value is -5.97. The molecule has 3 aromatic rings. The summed E-state index contributed by atoms with van der Waals surface area (Å²) in [7, 11) is 0. The summed E-state index contributed by atoms with van der Waals surface area (Å²) in [5.74, 6) is 3.95. The first-order valence-corrected chi connectivity index (χ1v) is 29.4. The summed E-state index contributed by atoms with van der Waals surface area (Å²) in [6, 6.07) is 34.9. The Labute approximate surface area is 442 Å². The number of hydrogen-bond acceptors (Lipinski definition) is 4. The Balaban J connectivity index is 0.675. The molecule has 11 unspecified atom stereocenters. The molecule has 4 nitrogen and oxygen atoms in total. The van der Waals surface area contributed by atoms with E-state index in [0.29, 0.717) is 71.8 Å². The number of nitrogens with one attached hydrogen (secondary N) is 1. The van der Waals surface area contributed by atoms with E-state index in [1.54, 1.807) is 16.7 Å². The van der Waals surface area contributed by atoms with Crippen LogP contribution in [0.2, 0.25) is 0 Å². The van der Waals surface area contributed by atoms with E-state index in [2.05, 4.69) is 197 Å². The molecule has 0 radical (unpaired) electrons. The number of allylic oxidation sites excluding steroid dienone is 15. The summed E-state index contributed by atoms with van der Waals surface area (Å²) >= 11 is 0. The Morgan fingerprint density at radius 1 is 0.635 bits per heavy atom. The standard InChI is InChI=1S/C70H76N4/c1-5-18-48(19-6-1)63-43-55(44-64(71-63)49-20-7-2-8-21-49)47-32-36-57(37-33-47)73-67-30-15-13-28-59(67)61-41-53(34-38-69(61)73)54-35-39-70-62(42-54)60-29-14-16-31-68(60)74(70)58-27-17-26-52(40-58)56-45-65(50-22-9-3-10-23-50)72-66(46-56)51-24-11-4-12-25-51/h1-3,5-11,13,15,17-22,24-31,34,40-41,43,47,50,54-57,59,62,64-65,67,69-71H,4,12,14,16,23,32-33,35-39,42,44-46H2. The van der Waals surface area contributed by atoms with Gasteiger partial charge in [-0.1, -0.05) is 170 Å². The molecular weight excluding hydrogens is 897 g/mol. The highest BCUT2D eigenvalue weighted by molar-refractivity contribution is 6.03. The van der Waals surface area contributed by atoms with Crippen molar-refractivity contribution < 1.29 is 0 Å². The van der Waals surface area contributed by atoms with Crippen molar-refractivity contribution in [2.75, 3.05) is 4.90 Å². The van der Waals surface area contributed by atoms with Crippen molar-refractivity contribution in [1.29, 1.82) is 0 Å². The summed E-state index contributed by atoms with van der Waals surface area (Å²) < 4.78 is 0. The maximum atomic E-state index is 5.52. The highest BCUT2D eigenvalue weighted by atomic mass is 15.3. The van der Waals surface area contributed by atoms with Gasteiger partial charge in [-0.2, -0.15) is 0 Å². The molecule has 4 heteroatoms. The van der Waals surface area contributed by atoms with Gasteiger partial charge in [0.15, 0.2) is 0 Å². The molecule has 4 heterocycles. The first-order valence-electron chi connectivity index (χ1n) is 29.4. The molecule has 4 fully saturated rings.